The maximum atomic E-state index is 10.8. The second-order valence-corrected chi connectivity index (χ2v) is 4.73. The van der Waals surface area contributed by atoms with Crippen molar-refractivity contribution in [1.29, 1.82) is 0 Å². The average molecular weight is 274 g/mol. The van der Waals surface area contributed by atoms with Crippen molar-refractivity contribution in [3.05, 3.63) is 47.6 Å². The van der Waals surface area contributed by atoms with Gasteiger partial charge < -0.3 is 10.3 Å². The van der Waals surface area contributed by atoms with Gasteiger partial charge in [0.15, 0.2) is 5.82 Å². The lowest BCUT2D eigenvalue weighted by molar-refractivity contribution is -0.119. The zero-order valence-electron chi connectivity index (χ0n) is 11.5. The van der Waals surface area contributed by atoms with Crippen LogP contribution < -0.4 is 5.73 Å². The number of aryl methyl sites for hydroxylation is 2. The summed E-state index contributed by atoms with van der Waals surface area (Å²) >= 11 is 0. The van der Waals surface area contributed by atoms with Crippen molar-refractivity contribution in [1.82, 2.24) is 15.0 Å². The molecular weight excluding hydrogens is 256 g/mol. The number of hydrogen-bond donors (Lipinski definition) is 1. The van der Waals surface area contributed by atoms with Crippen molar-refractivity contribution in [3.63, 3.8) is 0 Å². The van der Waals surface area contributed by atoms with Gasteiger partial charge in [0.1, 0.15) is 0 Å². The second-order valence-electron chi connectivity index (χ2n) is 4.73. The predicted octanol–water partition coefficient (Wildman–Crippen LogP) is 0.772. The molecule has 1 amide bonds. The van der Waals surface area contributed by atoms with Crippen molar-refractivity contribution in [2.45, 2.75) is 19.4 Å². The van der Waals surface area contributed by atoms with Crippen LogP contribution in [0, 0.1) is 0 Å². The van der Waals surface area contributed by atoms with Crippen molar-refractivity contribution in [2.75, 3.05) is 13.6 Å². The van der Waals surface area contributed by atoms with Crippen LogP contribution in [0.25, 0.3) is 0 Å². The minimum Gasteiger partial charge on any atom is -0.369 e. The molecule has 0 fully saturated rings. The van der Waals surface area contributed by atoms with Crippen LogP contribution in [0.2, 0.25) is 0 Å². The summed E-state index contributed by atoms with van der Waals surface area (Å²) in [4.78, 5) is 16.8. The molecule has 0 unspecified atom stereocenters. The number of primary amides is 1. The van der Waals surface area contributed by atoms with Gasteiger partial charge in [-0.1, -0.05) is 35.5 Å². The summed E-state index contributed by atoms with van der Waals surface area (Å²) in [5, 5.41) is 3.93. The SMILES string of the molecule is CN(CC(N)=O)Cc1nc(CCc2ccccc2)no1. The fourth-order valence-electron chi connectivity index (χ4n) is 1.91. The van der Waals surface area contributed by atoms with Crippen LogP contribution in [0.3, 0.4) is 0 Å². The number of benzene rings is 1. The van der Waals surface area contributed by atoms with Crippen molar-refractivity contribution in [3.8, 4) is 0 Å². The van der Waals surface area contributed by atoms with E-state index in [1.165, 1.54) is 5.56 Å². The number of nitrogens with two attached hydrogens (primary N) is 1. The molecule has 0 aliphatic rings. The summed E-state index contributed by atoms with van der Waals surface area (Å²) in [7, 11) is 1.78. The van der Waals surface area contributed by atoms with E-state index in [1.807, 2.05) is 18.2 Å². The van der Waals surface area contributed by atoms with Crippen LogP contribution in [0.5, 0.6) is 0 Å². The van der Waals surface area contributed by atoms with Crippen molar-refractivity contribution in [2.24, 2.45) is 5.73 Å². The first kappa shape index (κ1) is 14.2. The van der Waals surface area contributed by atoms with E-state index < -0.39 is 0 Å². The van der Waals surface area contributed by atoms with E-state index in [0.717, 1.165) is 12.8 Å². The van der Waals surface area contributed by atoms with Gasteiger partial charge in [0, 0.05) is 6.42 Å². The van der Waals surface area contributed by atoms with Gasteiger partial charge in [-0.05, 0) is 19.0 Å². The van der Waals surface area contributed by atoms with Crippen LogP contribution in [0.1, 0.15) is 17.3 Å². The highest BCUT2D eigenvalue weighted by Gasteiger charge is 2.10. The smallest absolute Gasteiger partial charge is 0.240 e. The lowest BCUT2D eigenvalue weighted by Crippen LogP contribution is -2.30. The molecule has 1 aromatic heterocycles. The van der Waals surface area contributed by atoms with Gasteiger partial charge in [-0.3, -0.25) is 9.69 Å². The van der Waals surface area contributed by atoms with Crippen LogP contribution in [-0.2, 0) is 24.2 Å². The highest BCUT2D eigenvalue weighted by Crippen LogP contribution is 2.06. The molecule has 20 heavy (non-hydrogen) atoms. The third-order valence-electron chi connectivity index (χ3n) is 2.82. The van der Waals surface area contributed by atoms with Crippen LogP contribution in [0.4, 0.5) is 0 Å². The molecule has 0 aliphatic heterocycles. The molecule has 0 saturated carbocycles. The van der Waals surface area contributed by atoms with Crippen molar-refractivity contribution < 1.29 is 9.32 Å². The first-order chi connectivity index (χ1) is 9.63. The Morgan fingerprint density at radius 1 is 1.30 bits per heavy atom. The molecule has 0 saturated heterocycles. The van der Waals surface area contributed by atoms with Gasteiger partial charge in [0.25, 0.3) is 0 Å². The molecule has 2 rings (SSSR count). The minimum atomic E-state index is -0.378. The van der Waals surface area contributed by atoms with E-state index in [-0.39, 0.29) is 12.5 Å². The van der Waals surface area contributed by atoms with Crippen LogP contribution in [0.15, 0.2) is 34.9 Å². The Morgan fingerprint density at radius 2 is 2.05 bits per heavy atom. The van der Waals surface area contributed by atoms with Gasteiger partial charge in [-0.25, -0.2) is 0 Å². The summed E-state index contributed by atoms with van der Waals surface area (Å²) < 4.78 is 5.15. The van der Waals surface area contributed by atoms with E-state index in [9.17, 15) is 4.79 Å². The number of carbonyl (C=O) groups excluding carboxylic acids is 1. The fourth-order valence-corrected chi connectivity index (χ4v) is 1.91. The highest BCUT2D eigenvalue weighted by atomic mass is 16.5. The topological polar surface area (TPSA) is 85.2 Å². The summed E-state index contributed by atoms with van der Waals surface area (Å²) in [6, 6.07) is 10.2. The lowest BCUT2D eigenvalue weighted by atomic mass is 10.1. The second kappa shape index (κ2) is 6.81. The van der Waals surface area contributed by atoms with Gasteiger partial charge in [-0.15, -0.1) is 0 Å². The normalized spacial score (nSPS) is 10.9. The Balaban J connectivity index is 1.84. The number of nitrogens with zero attached hydrogens (tertiary/aromatic N) is 3. The van der Waals surface area contributed by atoms with Gasteiger partial charge in [0.2, 0.25) is 11.8 Å². The molecule has 1 heterocycles. The molecule has 106 valence electrons. The van der Waals surface area contributed by atoms with E-state index in [0.29, 0.717) is 18.3 Å². The third-order valence-corrected chi connectivity index (χ3v) is 2.82. The fraction of sp³-hybridized carbons (Fsp3) is 0.357. The Hall–Kier alpha value is -2.21. The summed E-state index contributed by atoms with van der Waals surface area (Å²) in [6.07, 6.45) is 1.60. The van der Waals surface area contributed by atoms with Gasteiger partial charge in [-0.2, -0.15) is 4.98 Å². The van der Waals surface area contributed by atoms with E-state index in [4.69, 9.17) is 10.3 Å². The zero-order valence-corrected chi connectivity index (χ0v) is 11.5. The molecule has 0 aliphatic carbocycles. The molecule has 2 N–H and O–H groups in total. The molecule has 6 heteroatoms. The monoisotopic (exact) mass is 274 g/mol. The molecule has 0 bridgehead atoms. The first-order valence-corrected chi connectivity index (χ1v) is 6.45. The van der Waals surface area contributed by atoms with Gasteiger partial charge >= 0.3 is 0 Å². The number of hydrogen-bond acceptors (Lipinski definition) is 5. The van der Waals surface area contributed by atoms with Crippen LogP contribution in [-0.4, -0.2) is 34.5 Å². The number of likely N-dealkylation sites (N-methyl/N-ethyl adjacent to an activating group) is 1. The molecular formula is C14H18N4O2. The Morgan fingerprint density at radius 3 is 2.75 bits per heavy atom. The molecule has 0 atom stereocenters. The summed E-state index contributed by atoms with van der Waals surface area (Å²) in [5.41, 5.74) is 6.36. The minimum absolute atomic E-state index is 0.168. The molecule has 0 radical (unpaired) electrons. The summed E-state index contributed by atoms with van der Waals surface area (Å²) in [6.45, 7) is 0.586. The van der Waals surface area contributed by atoms with Gasteiger partial charge in [0.05, 0.1) is 13.1 Å². The molecule has 0 spiro atoms. The highest BCUT2D eigenvalue weighted by molar-refractivity contribution is 5.75. The van der Waals surface area contributed by atoms with E-state index >= 15 is 0 Å². The first-order valence-electron chi connectivity index (χ1n) is 6.45. The van der Waals surface area contributed by atoms with Crippen molar-refractivity contribution >= 4 is 5.91 Å². The number of rotatable bonds is 7. The molecule has 1 aromatic carbocycles. The predicted molar refractivity (Wildman–Crippen MR) is 73.7 cm³/mol. The molecule has 2 aromatic rings. The Bertz CT molecular complexity index is 553. The average Bonchev–Trinajstić information content (AvgIpc) is 2.84. The Labute approximate surface area is 117 Å². The number of aromatic nitrogens is 2. The largest absolute Gasteiger partial charge is 0.369 e. The van der Waals surface area contributed by atoms with E-state index in [2.05, 4.69) is 22.3 Å². The van der Waals surface area contributed by atoms with Crippen LogP contribution >= 0.6 is 0 Å². The summed E-state index contributed by atoms with van der Waals surface area (Å²) in [5.74, 6) is 0.796. The zero-order chi connectivity index (χ0) is 14.4. The standard InChI is InChI=1S/C14H18N4O2/c1-18(9-12(15)19)10-14-16-13(17-20-14)8-7-11-5-3-2-4-6-11/h2-6H,7-10H2,1H3,(H2,15,19). The maximum absolute atomic E-state index is 10.8. The van der Waals surface area contributed by atoms with E-state index in [1.54, 1.807) is 11.9 Å². The third kappa shape index (κ3) is 4.47. The lowest BCUT2D eigenvalue weighted by Gasteiger charge is -2.10. The maximum Gasteiger partial charge on any atom is 0.240 e. The molecule has 6 nitrogen and oxygen atoms in total. The quantitative estimate of drug-likeness (QED) is 0.806. The Kier molecular flexibility index (Phi) is 4.84. The number of amides is 1. The number of carbonyl (C=O) groups is 1.